The van der Waals surface area contributed by atoms with Crippen LogP contribution in [-0.2, 0) is 12.8 Å². The molecule has 0 aromatic heterocycles. The Morgan fingerprint density at radius 2 is 2.00 bits per heavy atom. The van der Waals surface area contributed by atoms with Gasteiger partial charge in [0.2, 0.25) is 0 Å². The van der Waals surface area contributed by atoms with E-state index in [0.29, 0.717) is 5.92 Å². The van der Waals surface area contributed by atoms with Crippen molar-refractivity contribution in [1.29, 1.82) is 0 Å². The van der Waals surface area contributed by atoms with E-state index in [9.17, 15) is 0 Å². The Morgan fingerprint density at radius 1 is 1.19 bits per heavy atom. The Hall–Kier alpha value is -1.22. The van der Waals surface area contributed by atoms with Gasteiger partial charge in [-0.3, -0.25) is 0 Å². The summed E-state index contributed by atoms with van der Waals surface area (Å²) in [4.78, 5) is 2.60. The zero-order valence-electron chi connectivity index (χ0n) is 13.7. The molecule has 1 heterocycles. The number of aryl methyl sites for hydroxylation is 1. The Morgan fingerprint density at radius 3 is 2.62 bits per heavy atom. The molecule has 3 nitrogen and oxygen atoms in total. The van der Waals surface area contributed by atoms with Crippen molar-refractivity contribution in [2.45, 2.75) is 39.0 Å². The maximum Gasteiger partial charge on any atom is 0.164 e. The maximum absolute atomic E-state index is 5.70. The van der Waals surface area contributed by atoms with E-state index in [1.165, 1.54) is 30.6 Å². The van der Waals surface area contributed by atoms with E-state index >= 15 is 0 Å². The average molecular weight is 289 g/mol. The van der Waals surface area contributed by atoms with Crippen molar-refractivity contribution in [3.8, 4) is 11.5 Å². The molecule has 0 radical (unpaired) electrons. The van der Waals surface area contributed by atoms with Crippen LogP contribution < -0.4 is 9.47 Å². The fourth-order valence-corrected chi connectivity index (χ4v) is 4.31. The highest BCUT2D eigenvalue weighted by molar-refractivity contribution is 5.57. The van der Waals surface area contributed by atoms with Gasteiger partial charge in [0.15, 0.2) is 11.5 Å². The summed E-state index contributed by atoms with van der Waals surface area (Å²) in [6, 6.07) is 2.20. The van der Waals surface area contributed by atoms with E-state index in [4.69, 9.17) is 9.47 Å². The van der Waals surface area contributed by atoms with Gasteiger partial charge in [-0.1, -0.05) is 13.8 Å². The number of likely N-dealkylation sites (N-methyl/N-ethyl adjacent to an activating group) is 1. The topological polar surface area (TPSA) is 21.7 Å². The molecule has 0 spiro atoms. The average Bonchev–Trinajstić information content (AvgIpc) is 2.96. The number of rotatable bonds is 4. The van der Waals surface area contributed by atoms with Crippen LogP contribution in [0, 0.1) is 5.92 Å². The SMILES string of the molecule is CCc1cc(OC)c(OC)c2c1C1CN(CC)CC1CC2. The molecule has 2 atom stereocenters. The van der Waals surface area contributed by atoms with Gasteiger partial charge < -0.3 is 14.4 Å². The van der Waals surface area contributed by atoms with Crippen LogP contribution in [0.2, 0.25) is 0 Å². The molecule has 1 aromatic carbocycles. The molecule has 21 heavy (non-hydrogen) atoms. The lowest BCUT2D eigenvalue weighted by Gasteiger charge is -2.31. The molecule has 2 aliphatic rings. The molecule has 116 valence electrons. The molecule has 0 bridgehead atoms. The minimum absolute atomic E-state index is 0.684. The Labute approximate surface area is 128 Å². The van der Waals surface area contributed by atoms with Crippen LogP contribution in [0.3, 0.4) is 0 Å². The standard InChI is InChI=1S/C18H27NO2/c1-5-12-9-16(20-3)18(21-4)14-8-7-13-10-19(6-2)11-15(13)17(12)14/h9,13,15H,5-8,10-11H2,1-4H3. The summed E-state index contributed by atoms with van der Waals surface area (Å²) < 4.78 is 11.3. The number of ether oxygens (including phenoxy) is 2. The van der Waals surface area contributed by atoms with Crippen molar-refractivity contribution < 1.29 is 9.47 Å². The van der Waals surface area contributed by atoms with E-state index in [1.807, 2.05) is 0 Å². The zero-order valence-corrected chi connectivity index (χ0v) is 13.7. The van der Waals surface area contributed by atoms with Gasteiger partial charge in [0.05, 0.1) is 14.2 Å². The molecule has 3 heteroatoms. The van der Waals surface area contributed by atoms with Gasteiger partial charge in [-0.2, -0.15) is 0 Å². The first-order valence-electron chi connectivity index (χ1n) is 8.22. The van der Waals surface area contributed by atoms with Crippen molar-refractivity contribution in [2.24, 2.45) is 5.92 Å². The van der Waals surface area contributed by atoms with E-state index < -0.39 is 0 Å². The summed E-state index contributed by atoms with van der Waals surface area (Å²) in [6.07, 6.45) is 3.47. The molecule has 1 aliphatic heterocycles. The molecule has 1 fully saturated rings. The molecule has 0 amide bonds. The van der Waals surface area contributed by atoms with Crippen molar-refractivity contribution in [1.82, 2.24) is 4.90 Å². The van der Waals surface area contributed by atoms with Gasteiger partial charge in [0.25, 0.3) is 0 Å². The summed E-state index contributed by atoms with van der Waals surface area (Å²) in [5, 5.41) is 0. The van der Waals surface area contributed by atoms with Gasteiger partial charge in [-0.25, -0.2) is 0 Å². The number of likely N-dealkylation sites (tertiary alicyclic amines) is 1. The first kappa shape index (κ1) is 14.7. The summed E-state index contributed by atoms with van der Waals surface area (Å²) >= 11 is 0. The van der Waals surface area contributed by atoms with Crippen LogP contribution in [0.4, 0.5) is 0 Å². The summed E-state index contributed by atoms with van der Waals surface area (Å²) in [6.45, 7) is 8.15. The van der Waals surface area contributed by atoms with E-state index in [0.717, 1.165) is 36.8 Å². The number of benzene rings is 1. The summed E-state index contributed by atoms with van der Waals surface area (Å²) in [5.74, 6) is 3.37. The van der Waals surface area contributed by atoms with Crippen LogP contribution in [0.5, 0.6) is 11.5 Å². The maximum atomic E-state index is 5.70. The number of nitrogens with zero attached hydrogens (tertiary/aromatic N) is 1. The fourth-order valence-electron chi connectivity index (χ4n) is 4.31. The van der Waals surface area contributed by atoms with Crippen molar-refractivity contribution in [3.63, 3.8) is 0 Å². The Balaban J connectivity index is 2.11. The first-order chi connectivity index (χ1) is 10.2. The predicted octanol–water partition coefficient (Wildman–Crippen LogP) is 3.25. The number of hydrogen-bond acceptors (Lipinski definition) is 3. The summed E-state index contributed by atoms with van der Waals surface area (Å²) in [7, 11) is 3.51. The van der Waals surface area contributed by atoms with Gasteiger partial charge in [0, 0.05) is 24.6 Å². The van der Waals surface area contributed by atoms with Crippen LogP contribution >= 0.6 is 0 Å². The second kappa shape index (κ2) is 5.88. The molecule has 0 N–H and O–H groups in total. The predicted molar refractivity (Wildman–Crippen MR) is 85.6 cm³/mol. The van der Waals surface area contributed by atoms with Crippen LogP contribution in [-0.4, -0.2) is 38.8 Å². The lowest BCUT2D eigenvalue weighted by Crippen LogP contribution is -2.21. The quantitative estimate of drug-likeness (QED) is 0.849. The summed E-state index contributed by atoms with van der Waals surface area (Å²) in [5.41, 5.74) is 4.44. The number of methoxy groups -OCH3 is 2. The van der Waals surface area contributed by atoms with Gasteiger partial charge >= 0.3 is 0 Å². The molecule has 0 saturated carbocycles. The highest BCUT2D eigenvalue weighted by Crippen LogP contribution is 2.48. The lowest BCUT2D eigenvalue weighted by molar-refractivity contribution is 0.335. The van der Waals surface area contributed by atoms with Gasteiger partial charge in [0.1, 0.15) is 0 Å². The number of hydrogen-bond donors (Lipinski definition) is 0. The van der Waals surface area contributed by atoms with Crippen LogP contribution in [0.1, 0.15) is 42.9 Å². The fraction of sp³-hybridized carbons (Fsp3) is 0.667. The molecular weight excluding hydrogens is 262 g/mol. The Bertz CT molecular complexity index is 526. The minimum atomic E-state index is 0.684. The zero-order chi connectivity index (χ0) is 15.0. The molecule has 1 aliphatic carbocycles. The largest absolute Gasteiger partial charge is 0.493 e. The third-order valence-electron chi connectivity index (χ3n) is 5.38. The number of fused-ring (bicyclic) bond motifs is 3. The smallest absolute Gasteiger partial charge is 0.164 e. The van der Waals surface area contributed by atoms with Crippen LogP contribution in [0.15, 0.2) is 6.07 Å². The van der Waals surface area contributed by atoms with Gasteiger partial charge in [-0.15, -0.1) is 0 Å². The Kier molecular flexibility index (Phi) is 4.12. The van der Waals surface area contributed by atoms with Crippen LogP contribution in [0.25, 0.3) is 0 Å². The minimum Gasteiger partial charge on any atom is -0.493 e. The van der Waals surface area contributed by atoms with Crippen molar-refractivity contribution in [3.05, 3.63) is 22.8 Å². The third-order valence-corrected chi connectivity index (χ3v) is 5.38. The van der Waals surface area contributed by atoms with Crippen molar-refractivity contribution in [2.75, 3.05) is 33.9 Å². The molecular formula is C18H27NO2. The third kappa shape index (κ3) is 2.32. The first-order valence-corrected chi connectivity index (χ1v) is 8.22. The molecule has 1 aromatic rings. The second-order valence-electron chi connectivity index (χ2n) is 6.27. The van der Waals surface area contributed by atoms with E-state index in [-0.39, 0.29) is 0 Å². The van der Waals surface area contributed by atoms with Gasteiger partial charge in [-0.05, 0) is 48.9 Å². The lowest BCUT2D eigenvalue weighted by atomic mass is 9.74. The monoisotopic (exact) mass is 289 g/mol. The van der Waals surface area contributed by atoms with E-state index in [2.05, 4.69) is 24.8 Å². The molecule has 2 unspecified atom stereocenters. The molecule has 1 saturated heterocycles. The van der Waals surface area contributed by atoms with Crippen molar-refractivity contribution >= 4 is 0 Å². The normalized spacial score (nSPS) is 24.6. The second-order valence-corrected chi connectivity index (χ2v) is 6.27. The van der Waals surface area contributed by atoms with E-state index in [1.54, 1.807) is 19.8 Å². The highest BCUT2D eigenvalue weighted by atomic mass is 16.5. The highest BCUT2D eigenvalue weighted by Gasteiger charge is 2.39. The molecule has 3 rings (SSSR count).